The van der Waals surface area contributed by atoms with Gasteiger partial charge in [-0.2, -0.15) is 0 Å². The predicted molar refractivity (Wildman–Crippen MR) is 50.0 cm³/mol. The molecule has 5 atom stereocenters. The molecule has 0 bridgehead atoms. The molecule has 0 aromatic heterocycles. The lowest BCUT2D eigenvalue weighted by molar-refractivity contribution is -0.308. The van der Waals surface area contributed by atoms with Crippen molar-refractivity contribution in [3.05, 3.63) is 0 Å². The molecule has 2 unspecified atom stereocenters. The molecule has 1 aliphatic heterocycles. The van der Waals surface area contributed by atoms with E-state index in [-0.39, 0.29) is 6.10 Å². The number of aliphatic hydroxyl groups excluding tert-OH is 4. The van der Waals surface area contributed by atoms with E-state index in [0.29, 0.717) is 0 Å². The molecule has 0 spiro atoms. The summed E-state index contributed by atoms with van der Waals surface area (Å²) in [4.78, 5) is 0. The highest BCUT2D eigenvalue weighted by Gasteiger charge is 2.44. The fraction of sp³-hybridized carbons (Fsp3) is 1.00. The Hall–Kier alpha value is -0.240. The first kappa shape index (κ1) is 12.8. The van der Waals surface area contributed by atoms with Gasteiger partial charge in [0, 0.05) is 0 Å². The van der Waals surface area contributed by atoms with Crippen LogP contribution in [0.3, 0.4) is 0 Å². The minimum Gasteiger partial charge on any atom is -0.394 e. The molecule has 1 rings (SSSR count). The Morgan fingerprint density at radius 3 is 2.20 bits per heavy atom. The normalized spacial score (nSPS) is 42.2. The van der Waals surface area contributed by atoms with E-state index in [1.807, 2.05) is 0 Å². The second-order valence-corrected chi connectivity index (χ2v) is 3.88. The number of ether oxygens (including phenoxy) is 2. The molecule has 0 radical (unpaired) electrons. The maximum atomic E-state index is 9.53. The minimum atomic E-state index is -1.38. The van der Waals surface area contributed by atoms with Crippen molar-refractivity contribution in [2.45, 2.75) is 50.7 Å². The van der Waals surface area contributed by atoms with E-state index in [1.165, 1.54) is 0 Å². The topological polar surface area (TPSA) is 99.4 Å². The van der Waals surface area contributed by atoms with E-state index < -0.39 is 37.3 Å². The Morgan fingerprint density at radius 2 is 1.73 bits per heavy atom. The first-order chi connectivity index (χ1) is 6.97. The molecule has 1 saturated heterocycles. The third kappa shape index (κ3) is 2.87. The van der Waals surface area contributed by atoms with Crippen molar-refractivity contribution in [2.75, 3.05) is 6.61 Å². The van der Waals surface area contributed by atoms with Gasteiger partial charge in [-0.25, -0.2) is 0 Å². The van der Waals surface area contributed by atoms with Crippen molar-refractivity contribution in [3.8, 4) is 0 Å². The second kappa shape index (κ2) is 5.20. The summed E-state index contributed by atoms with van der Waals surface area (Å²) in [5, 5.41) is 37.3. The van der Waals surface area contributed by atoms with Gasteiger partial charge in [0.2, 0.25) is 0 Å². The molecule has 1 fully saturated rings. The Kier molecular flexibility index (Phi) is 4.45. The van der Waals surface area contributed by atoms with Gasteiger partial charge in [0.15, 0.2) is 6.29 Å². The third-order valence-corrected chi connectivity index (χ3v) is 2.25. The highest BCUT2D eigenvalue weighted by Crippen LogP contribution is 2.22. The second-order valence-electron chi connectivity index (χ2n) is 3.88. The largest absolute Gasteiger partial charge is 0.394 e. The third-order valence-electron chi connectivity index (χ3n) is 2.25. The van der Waals surface area contributed by atoms with Crippen LogP contribution in [-0.4, -0.2) is 63.8 Å². The number of hydrogen-bond acceptors (Lipinski definition) is 6. The highest BCUT2D eigenvalue weighted by molar-refractivity contribution is 4.88. The van der Waals surface area contributed by atoms with Crippen LogP contribution in [0.5, 0.6) is 0 Å². The maximum Gasteiger partial charge on any atom is 0.186 e. The maximum absolute atomic E-state index is 9.53. The smallest absolute Gasteiger partial charge is 0.186 e. The van der Waals surface area contributed by atoms with E-state index in [9.17, 15) is 15.3 Å². The van der Waals surface area contributed by atoms with Crippen LogP contribution in [0, 0.1) is 0 Å². The molecule has 0 amide bonds. The van der Waals surface area contributed by atoms with E-state index in [1.54, 1.807) is 13.8 Å². The van der Waals surface area contributed by atoms with Gasteiger partial charge in [-0.05, 0) is 13.8 Å². The first-order valence-electron chi connectivity index (χ1n) is 4.93. The summed E-state index contributed by atoms with van der Waals surface area (Å²) in [5.74, 6) is 0. The van der Waals surface area contributed by atoms with Crippen LogP contribution in [0.1, 0.15) is 13.8 Å². The zero-order chi connectivity index (χ0) is 11.6. The highest BCUT2D eigenvalue weighted by atomic mass is 16.7. The number of aliphatic hydroxyl groups is 4. The van der Waals surface area contributed by atoms with Crippen LogP contribution in [0.15, 0.2) is 0 Å². The van der Waals surface area contributed by atoms with Gasteiger partial charge in [-0.3, -0.25) is 0 Å². The SMILES string of the molecule is CC(C)O[C@@H]1OC(CO)[C@@H](O)C(O)[C@H]1O. The zero-order valence-electron chi connectivity index (χ0n) is 8.78. The average molecular weight is 222 g/mol. The zero-order valence-corrected chi connectivity index (χ0v) is 8.78. The van der Waals surface area contributed by atoms with Crippen LogP contribution in [0.2, 0.25) is 0 Å². The number of hydrogen-bond donors (Lipinski definition) is 4. The Balaban J connectivity index is 2.65. The summed E-state index contributed by atoms with van der Waals surface area (Å²) in [6, 6.07) is 0. The summed E-state index contributed by atoms with van der Waals surface area (Å²) >= 11 is 0. The fourth-order valence-electron chi connectivity index (χ4n) is 1.45. The Bertz CT molecular complexity index is 195. The monoisotopic (exact) mass is 222 g/mol. The molecular weight excluding hydrogens is 204 g/mol. The molecule has 6 nitrogen and oxygen atoms in total. The summed E-state index contributed by atoms with van der Waals surface area (Å²) in [6.45, 7) is 3.06. The molecule has 0 saturated carbocycles. The molecule has 0 aromatic rings. The summed E-state index contributed by atoms with van der Waals surface area (Å²) in [6.07, 6.45) is -6.15. The molecule has 4 N–H and O–H groups in total. The molecule has 1 aliphatic rings. The van der Waals surface area contributed by atoms with E-state index in [0.717, 1.165) is 0 Å². The first-order valence-corrected chi connectivity index (χ1v) is 4.93. The van der Waals surface area contributed by atoms with Crippen molar-refractivity contribution < 1.29 is 29.9 Å². The van der Waals surface area contributed by atoms with Crippen LogP contribution in [0.25, 0.3) is 0 Å². The van der Waals surface area contributed by atoms with Gasteiger partial charge >= 0.3 is 0 Å². The van der Waals surface area contributed by atoms with Gasteiger partial charge in [-0.1, -0.05) is 0 Å². The summed E-state index contributed by atoms with van der Waals surface area (Å²) in [5.41, 5.74) is 0. The van der Waals surface area contributed by atoms with E-state index in [2.05, 4.69) is 0 Å². The van der Waals surface area contributed by atoms with Gasteiger partial charge in [0.05, 0.1) is 12.7 Å². The van der Waals surface area contributed by atoms with Gasteiger partial charge in [0.1, 0.15) is 24.4 Å². The van der Waals surface area contributed by atoms with Gasteiger partial charge < -0.3 is 29.9 Å². The molecule has 90 valence electrons. The lowest BCUT2D eigenvalue weighted by atomic mass is 9.99. The van der Waals surface area contributed by atoms with Crippen molar-refractivity contribution in [1.82, 2.24) is 0 Å². The quantitative estimate of drug-likeness (QED) is 0.450. The average Bonchev–Trinajstić information content (AvgIpc) is 2.18. The Labute approximate surface area is 88.1 Å². The minimum absolute atomic E-state index is 0.188. The molecule has 1 heterocycles. The van der Waals surface area contributed by atoms with Crippen molar-refractivity contribution in [1.29, 1.82) is 0 Å². The lowest BCUT2D eigenvalue weighted by Crippen LogP contribution is -2.59. The molecule has 0 aliphatic carbocycles. The van der Waals surface area contributed by atoms with Gasteiger partial charge in [0.25, 0.3) is 0 Å². The van der Waals surface area contributed by atoms with E-state index >= 15 is 0 Å². The molecular formula is C9H18O6. The van der Waals surface area contributed by atoms with E-state index in [4.69, 9.17) is 14.6 Å². The standard InChI is InChI=1S/C9H18O6/c1-4(2)14-9-8(13)7(12)6(11)5(3-10)15-9/h4-13H,3H2,1-2H3/t5?,6-,7?,8-,9-/m1/s1. The predicted octanol–water partition coefficient (Wildman–Crippen LogP) is -1.79. The summed E-state index contributed by atoms with van der Waals surface area (Å²) < 4.78 is 10.3. The molecule has 6 heteroatoms. The van der Waals surface area contributed by atoms with Crippen LogP contribution >= 0.6 is 0 Å². The van der Waals surface area contributed by atoms with Crippen LogP contribution in [-0.2, 0) is 9.47 Å². The van der Waals surface area contributed by atoms with Crippen LogP contribution in [0.4, 0.5) is 0 Å². The Morgan fingerprint density at radius 1 is 1.13 bits per heavy atom. The summed E-state index contributed by atoms with van der Waals surface area (Å²) in [7, 11) is 0. The number of rotatable bonds is 3. The van der Waals surface area contributed by atoms with Crippen molar-refractivity contribution in [2.24, 2.45) is 0 Å². The van der Waals surface area contributed by atoms with Gasteiger partial charge in [-0.15, -0.1) is 0 Å². The van der Waals surface area contributed by atoms with Crippen molar-refractivity contribution in [3.63, 3.8) is 0 Å². The lowest BCUT2D eigenvalue weighted by Gasteiger charge is -2.40. The van der Waals surface area contributed by atoms with Crippen molar-refractivity contribution >= 4 is 0 Å². The molecule has 0 aromatic carbocycles. The van der Waals surface area contributed by atoms with Crippen LogP contribution < -0.4 is 0 Å². The molecule has 15 heavy (non-hydrogen) atoms. The fourth-order valence-corrected chi connectivity index (χ4v) is 1.45.